The Morgan fingerprint density at radius 3 is 2.88 bits per heavy atom. The summed E-state index contributed by atoms with van der Waals surface area (Å²) < 4.78 is 5.41. The minimum absolute atomic E-state index is 0.356. The lowest BCUT2D eigenvalue weighted by molar-refractivity contribution is 0.0669. The van der Waals surface area contributed by atoms with E-state index in [1.165, 1.54) is 12.8 Å². The fraction of sp³-hybridized carbons (Fsp3) is 0.571. The summed E-state index contributed by atoms with van der Waals surface area (Å²) in [6, 6.07) is 6.21. The number of aryl methyl sites for hydroxylation is 1. The second-order valence-corrected chi connectivity index (χ2v) is 4.87. The van der Waals surface area contributed by atoms with Gasteiger partial charge in [0.05, 0.1) is 6.10 Å². The molecule has 1 aromatic rings. The van der Waals surface area contributed by atoms with Crippen molar-refractivity contribution in [3.8, 4) is 5.75 Å². The monoisotopic (exact) mass is 235 g/mol. The molecule has 1 fully saturated rings. The van der Waals surface area contributed by atoms with Crippen molar-refractivity contribution >= 4 is 5.69 Å². The Balaban J connectivity index is 1.97. The molecule has 1 aliphatic rings. The van der Waals surface area contributed by atoms with Crippen LogP contribution >= 0.6 is 0 Å². The van der Waals surface area contributed by atoms with E-state index in [4.69, 9.17) is 4.74 Å². The summed E-state index contributed by atoms with van der Waals surface area (Å²) in [4.78, 5) is 0. The molecule has 3 heteroatoms. The van der Waals surface area contributed by atoms with Gasteiger partial charge in [0, 0.05) is 24.9 Å². The van der Waals surface area contributed by atoms with E-state index in [0.29, 0.717) is 17.9 Å². The number of hydrogen-bond acceptors (Lipinski definition) is 3. The Hall–Kier alpha value is -1.22. The third-order valence-corrected chi connectivity index (χ3v) is 3.54. The molecule has 1 aromatic carbocycles. The lowest BCUT2D eigenvalue weighted by Crippen LogP contribution is -2.30. The first-order valence-electron chi connectivity index (χ1n) is 6.28. The van der Waals surface area contributed by atoms with Gasteiger partial charge >= 0.3 is 0 Å². The zero-order valence-electron chi connectivity index (χ0n) is 10.6. The molecule has 2 rings (SSSR count). The van der Waals surface area contributed by atoms with E-state index in [-0.39, 0.29) is 0 Å². The zero-order valence-corrected chi connectivity index (χ0v) is 10.6. The summed E-state index contributed by atoms with van der Waals surface area (Å²) >= 11 is 0. The molecule has 0 spiro atoms. The SMILES string of the molecule is COC1CCCC(Nc2ccc(C)c(O)c2)C1. The highest BCUT2D eigenvalue weighted by atomic mass is 16.5. The Morgan fingerprint density at radius 2 is 2.18 bits per heavy atom. The number of aromatic hydroxyl groups is 1. The molecule has 0 saturated heterocycles. The molecule has 0 aromatic heterocycles. The van der Waals surface area contributed by atoms with Crippen LogP contribution in [0, 0.1) is 6.92 Å². The highest BCUT2D eigenvalue weighted by molar-refractivity contribution is 5.51. The van der Waals surface area contributed by atoms with Gasteiger partial charge in [-0.2, -0.15) is 0 Å². The van der Waals surface area contributed by atoms with E-state index >= 15 is 0 Å². The van der Waals surface area contributed by atoms with Crippen LogP contribution in [0.2, 0.25) is 0 Å². The van der Waals surface area contributed by atoms with Crippen LogP contribution in [-0.2, 0) is 4.74 Å². The van der Waals surface area contributed by atoms with E-state index in [0.717, 1.165) is 24.1 Å². The first-order valence-corrected chi connectivity index (χ1v) is 6.28. The van der Waals surface area contributed by atoms with E-state index in [1.807, 2.05) is 19.1 Å². The lowest BCUT2D eigenvalue weighted by atomic mass is 9.92. The predicted octanol–water partition coefficient (Wildman–Crippen LogP) is 3.07. The summed E-state index contributed by atoms with van der Waals surface area (Å²) in [5.41, 5.74) is 1.91. The number of anilines is 1. The molecule has 17 heavy (non-hydrogen) atoms. The van der Waals surface area contributed by atoms with Gasteiger partial charge in [0.2, 0.25) is 0 Å². The van der Waals surface area contributed by atoms with Crippen LogP contribution in [-0.4, -0.2) is 24.4 Å². The van der Waals surface area contributed by atoms with Gasteiger partial charge in [0.15, 0.2) is 0 Å². The molecule has 0 bridgehead atoms. The molecule has 2 unspecified atom stereocenters. The summed E-state index contributed by atoms with van der Waals surface area (Å²) in [7, 11) is 1.78. The van der Waals surface area contributed by atoms with Crippen LogP contribution in [0.5, 0.6) is 5.75 Å². The minimum Gasteiger partial charge on any atom is -0.508 e. The van der Waals surface area contributed by atoms with Crippen molar-refractivity contribution in [3.05, 3.63) is 23.8 Å². The topological polar surface area (TPSA) is 41.5 Å². The highest BCUT2D eigenvalue weighted by Crippen LogP contribution is 2.26. The van der Waals surface area contributed by atoms with Gasteiger partial charge < -0.3 is 15.2 Å². The Morgan fingerprint density at radius 1 is 1.35 bits per heavy atom. The molecule has 3 nitrogen and oxygen atoms in total. The van der Waals surface area contributed by atoms with Gasteiger partial charge in [-0.25, -0.2) is 0 Å². The normalized spacial score (nSPS) is 24.6. The summed E-state index contributed by atoms with van der Waals surface area (Å²) in [5, 5.41) is 13.1. The summed E-state index contributed by atoms with van der Waals surface area (Å²) in [5.74, 6) is 0.356. The smallest absolute Gasteiger partial charge is 0.120 e. The number of ether oxygens (including phenoxy) is 1. The number of methoxy groups -OCH3 is 1. The fourth-order valence-corrected chi connectivity index (χ4v) is 2.43. The second kappa shape index (κ2) is 5.41. The largest absolute Gasteiger partial charge is 0.508 e. The lowest BCUT2D eigenvalue weighted by Gasteiger charge is -2.29. The molecule has 94 valence electrons. The van der Waals surface area contributed by atoms with Gasteiger partial charge in [-0.15, -0.1) is 0 Å². The van der Waals surface area contributed by atoms with Gasteiger partial charge in [-0.3, -0.25) is 0 Å². The first-order chi connectivity index (χ1) is 8.19. The molecule has 1 saturated carbocycles. The van der Waals surface area contributed by atoms with Crippen LogP contribution < -0.4 is 5.32 Å². The van der Waals surface area contributed by atoms with Crippen molar-refractivity contribution in [2.75, 3.05) is 12.4 Å². The highest BCUT2D eigenvalue weighted by Gasteiger charge is 2.21. The third-order valence-electron chi connectivity index (χ3n) is 3.54. The Kier molecular flexibility index (Phi) is 3.89. The zero-order chi connectivity index (χ0) is 12.3. The number of nitrogens with one attached hydrogen (secondary N) is 1. The van der Waals surface area contributed by atoms with Crippen molar-refractivity contribution in [2.24, 2.45) is 0 Å². The van der Waals surface area contributed by atoms with Gasteiger partial charge in [-0.1, -0.05) is 6.07 Å². The van der Waals surface area contributed by atoms with Crippen molar-refractivity contribution in [2.45, 2.75) is 44.8 Å². The predicted molar refractivity (Wildman–Crippen MR) is 69.5 cm³/mol. The maximum atomic E-state index is 9.66. The average molecular weight is 235 g/mol. The van der Waals surface area contributed by atoms with Crippen molar-refractivity contribution < 1.29 is 9.84 Å². The number of phenols is 1. The molecule has 0 heterocycles. The number of hydrogen-bond donors (Lipinski definition) is 2. The molecule has 2 N–H and O–H groups in total. The number of phenolic OH excluding ortho intramolecular Hbond substituents is 1. The maximum Gasteiger partial charge on any atom is 0.120 e. The Labute approximate surface area is 103 Å². The fourth-order valence-electron chi connectivity index (χ4n) is 2.43. The molecule has 0 radical (unpaired) electrons. The molecule has 1 aliphatic carbocycles. The summed E-state index contributed by atoms with van der Waals surface area (Å²) in [6.07, 6.45) is 4.96. The molecular formula is C14H21NO2. The van der Waals surface area contributed by atoms with E-state index in [1.54, 1.807) is 13.2 Å². The molecule has 0 amide bonds. The average Bonchev–Trinajstić information content (AvgIpc) is 2.34. The van der Waals surface area contributed by atoms with Crippen molar-refractivity contribution in [3.63, 3.8) is 0 Å². The van der Waals surface area contributed by atoms with Crippen LogP contribution in [0.1, 0.15) is 31.2 Å². The van der Waals surface area contributed by atoms with Gasteiger partial charge in [0.1, 0.15) is 5.75 Å². The van der Waals surface area contributed by atoms with Crippen molar-refractivity contribution in [1.29, 1.82) is 0 Å². The molecular weight excluding hydrogens is 214 g/mol. The Bertz CT molecular complexity index is 378. The minimum atomic E-state index is 0.356. The van der Waals surface area contributed by atoms with E-state index < -0.39 is 0 Å². The third kappa shape index (κ3) is 3.13. The van der Waals surface area contributed by atoms with E-state index in [9.17, 15) is 5.11 Å². The van der Waals surface area contributed by atoms with Crippen LogP contribution in [0.25, 0.3) is 0 Å². The van der Waals surface area contributed by atoms with Gasteiger partial charge in [0.25, 0.3) is 0 Å². The van der Waals surface area contributed by atoms with E-state index in [2.05, 4.69) is 5.32 Å². The van der Waals surface area contributed by atoms with Crippen LogP contribution in [0.3, 0.4) is 0 Å². The summed E-state index contributed by atoms with van der Waals surface area (Å²) in [6.45, 7) is 1.90. The van der Waals surface area contributed by atoms with Crippen LogP contribution in [0.15, 0.2) is 18.2 Å². The molecule has 2 atom stereocenters. The quantitative estimate of drug-likeness (QED) is 0.846. The molecule has 0 aliphatic heterocycles. The van der Waals surface area contributed by atoms with Crippen LogP contribution in [0.4, 0.5) is 5.69 Å². The second-order valence-electron chi connectivity index (χ2n) is 4.87. The first kappa shape index (κ1) is 12.2. The number of rotatable bonds is 3. The standard InChI is InChI=1S/C14H21NO2/c1-10-6-7-12(9-14(10)16)15-11-4-3-5-13(8-11)17-2/h6-7,9,11,13,15-16H,3-5,8H2,1-2H3. The number of benzene rings is 1. The van der Waals surface area contributed by atoms with Crippen molar-refractivity contribution in [1.82, 2.24) is 0 Å². The van der Waals surface area contributed by atoms with Gasteiger partial charge in [-0.05, 0) is 44.2 Å². The maximum absolute atomic E-state index is 9.66.